The first-order valence-corrected chi connectivity index (χ1v) is 8.00. The molecule has 0 N–H and O–H groups in total. The predicted octanol–water partition coefficient (Wildman–Crippen LogP) is 4.37. The van der Waals surface area contributed by atoms with Crippen LogP contribution in [0.15, 0.2) is 24.3 Å². The van der Waals surface area contributed by atoms with E-state index in [1.54, 1.807) is 0 Å². The highest BCUT2D eigenvalue weighted by molar-refractivity contribution is 6.32. The molecule has 0 radical (unpaired) electrons. The Morgan fingerprint density at radius 3 is 2.60 bits per heavy atom. The number of halogens is 2. The minimum atomic E-state index is -0.649. The van der Waals surface area contributed by atoms with Crippen LogP contribution >= 0.6 is 11.6 Å². The standard InChI is InChI=1S/C18H19ClFNO4/c1-10(2)9-25-15-8-13(18(22)24-4)17(19)21-16(15)12-7-11(23-3)5-6-14(12)20/h5-8,10H,9H2,1-4H3. The number of rotatable bonds is 6. The van der Waals surface area contributed by atoms with Gasteiger partial charge in [-0.3, -0.25) is 0 Å². The fraction of sp³-hybridized carbons (Fsp3) is 0.333. The molecule has 0 saturated carbocycles. The highest BCUT2D eigenvalue weighted by atomic mass is 35.5. The number of carbonyl (C=O) groups excluding carboxylic acids is 1. The maximum absolute atomic E-state index is 14.3. The minimum Gasteiger partial charge on any atom is -0.497 e. The largest absolute Gasteiger partial charge is 0.497 e. The molecule has 0 amide bonds. The van der Waals surface area contributed by atoms with Crippen LogP contribution in [0.4, 0.5) is 4.39 Å². The maximum atomic E-state index is 14.3. The average Bonchev–Trinajstić information content (AvgIpc) is 2.60. The molecule has 0 aliphatic heterocycles. The smallest absolute Gasteiger partial charge is 0.341 e. The molecule has 2 aromatic rings. The van der Waals surface area contributed by atoms with Crippen LogP contribution in [0.1, 0.15) is 24.2 Å². The second-order valence-corrected chi connectivity index (χ2v) is 6.07. The van der Waals surface area contributed by atoms with E-state index in [0.29, 0.717) is 12.4 Å². The number of aromatic nitrogens is 1. The molecule has 0 bridgehead atoms. The summed E-state index contributed by atoms with van der Waals surface area (Å²) in [4.78, 5) is 16.0. The molecule has 25 heavy (non-hydrogen) atoms. The molecule has 0 spiro atoms. The Morgan fingerprint density at radius 2 is 2.00 bits per heavy atom. The maximum Gasteiger partial charge on any atom is 0.341 e. The third-order valence-corrected chi connectivity index (χ3v) is 3.64. The number of pyridine rings is 1. The first-order chi connectivity index (χ1) is 11.9. The van der Waals surface area contributed by atoms with Crippen molar-refractivity contribution in [3.8, 4) is 22.8 Å². The summed E-state index contributed by atoms with van der Waals surface area (Å²) in [6.45, 7) is 4.30. The summed E-state index contributed by atoms with van der Waals surface area (Å²) in [5, 5.41) is -0.0963. The normalized spacial score (nSPS) is 10.7. The van der Waals surface area contributed by atoms with Crippen molar-refractivity contribution in [2.75, 3.05) is 20.8 Å². The molecular formula is C18H19ClFNO4. The number of ether oxygens (including phenoxy) is 3. The molecule has 7 heteroatoms. The van der Waals surface area contributed by atoms with E-state index in [4.69, 9.17) is 25.8 Å². The van der Waals surface area contributed by atoms with E-state index in [0.717, 1.165) is 0 Å². The first kappa shape index (κ1) is 19.0. The van der Waals surface area contributed by atoms with Crippen molar-refractivity contribution in [3.63, 3.8) is 0 Å². The van der Waals surface area contributed by atoms with Crippen LogP contribution < -0.4 is 9.47 Å². The SMILES string of the molecule is COC(=O)c1cc(OCC(C)C)c(-c2cc(OC)ccc2F)nc1Cl. The Balaban J connectivity index is 2.62. The lowest BCUT2D eigenvalue weighted by atomic mass is 10.1. The zero-order valence-corrected chi connectivity index (χ0v) is 15.2. The van der Waals surface area contributed by atoms with Crippen LogP contribution in [0.3, 0.4) is 0 Å². The fourth-order valence-corrected chi connectivity index (χ4v) is 2.31. The van der Waals surface area contributed by atoms with Crippen molar-refractivity contribution in [1.82, 2.24) is 4.98 Å². The number of hydrogen-bond acceptors (Lipinski definition) is 5. The van der Waals surface area contributed by atoms with E-state index in [9.17, 15) is 9.18 Å². The van der Waals surface area contributed by atoms with Gasteiger partial charge in [0.1, 0.15) is 33.7 Å². The van der Waals surface area contributed by atoms with Gasteiger partial charge in [0, 0.05) is 11.6 Å². The molecule has 0 unspecified atom stereocenters. The third kappa shape index (κ3) is 4.39. The zero-order valence-electron chi connectivity index (χ0n) is 14.4. The van der Waals surface area contributed by atoms with Crippen molar-refractivity contribution >= 4 is 17.6 Å². The molecule has 0 atom stereocenters. The third-order valence-electron chi connectivity index (χ3n) is 3.35. The summed E-state index contributed by atoms with van der Waals surface area (Å²) in [7, 11) is 2.72. The Kier molecular flexibility index (Phi) is 6.20. The highest BCUT2D eigenvalue weighted by Crippen LogP contribution is 2.35. The topological polar surface area (TPSA) is 57.7 Å². The minimum absolute atomic E-state index is 0.0509. The van der Waals surface area contributed by atoms with Crippen LogP contribution in [0, 0.1) is 11.7 Å². The lowest BCUT2D eigenvalue weighted by Gasteiger charge is -2.15. The van der Waals surface area contributed by atoms with Crippen molar-refractivity contribution in [2.45, 2.75) is 13.8 Å². The van der Waals surface area contributed by atoms with Gasteiger partial charge in [-0.05, 0) is 24.1 Å². The molecule has 0 aliphatic rings. The quantitative estimate of drug-likeness (QED) is 0.560. The first-order valence-electron chi connectivity index (χ1n) is 7.63. The van der Waals surface area contributed by atoms with E-state index in [1.807, 2.05) is 13.8 Å². The Bertz CT molecular complexity index is 780. The number of methoxy groups -OCH3 is 2. The number of carbonyl (C=O) groups is 1. The van der Waals surface area contributed by atoms with Crippen LogP contribution in [0.25, 0.3) is 11.3 Å². The number of nitrogens with zero attached hydrogens (tertiary/aromatic N) is 1. The Labute approximate surface area is 150 Å². The van der Waals surface area contributed by atoms with Crippen LogP contribution in [0.2, 0.25) is 5.15 Å². The van der Waals surface area contributed by atoms with E-state index < -0.39 is 11.8 Å². The second-order valence-electron chi connectivity index (χ2n) is 5.72. The molecular weight excluding hydrogens is 349 g/mol. The molecule has 1 aromatic carbocycles. The number of benzene rings is 1. The summed E-state index contributed by atoms with van der Waals surface area (Å²) in [5.74, 6) is -0.235. The van der Waals surface area contributed by atoms with Gasteiger partial charge in [0.25, 0.3) is 0 Å². The van der Waals surface area contributed by atoms with Crippen LogP contribution in [-0.2, 0) is 4.74 Å². The van der Waals surface area contributed by atoms with Gasteiger partial charge in [-0.15, -0.1) is 0 Å². The molecule has 1 heterocycles. The number of esters is 1. The van der Waals surface area contributed by atoms with Gasteiger partial charge >= 0.3 is 5.97 Å². The van der Waals surface area contributed by atoms with Gasteiger partial charge in [-0.1, -0.05) is 25.4 Å². The summed E-state index contributed by atoms with van der Waals surface area (Å²) in [6.07, 6.45) is 0. The van der Waals surface area contributed by atoms with E-state index in [2.05, 4.69) is 4.98 Å². The van der Waals surface area contributed by atoms with Gasteiger partial charge in [-0.2, -0.15) is 0 Å². The summed E-state index contributed by atoms with van der Waals surface area (Å²) >= 11 is 6.09. The molecule has 2 rings (SSSR count). The van der Waals surface area contributed by atoms with Crippen molar-refractivity contribution in [2.24, 2.45) is 5.92 Å². The Morgan fingerprint density at radius 1 is 1.28 bits per heavy atom. The van der Waals surface area contributed by atoms with Gasteiger partial charge < -0.3 is 14.2 Å². The lowest BCUT2D eigenvalue weighted by molar-refractivity contribution is 0.0600. The van der Waals surface area contributed by atoms with Gasteiger partial charge in [0.15, 0.2) is 0 Å². The second kappa shape index (κ2) is 8.16. The molecule has 5 nitrogen and oxygen atoms in total. The fourth-order valence-electron chi connectivity index (χ4n) is 2.10. The Hall–Kier alpha value is -2.34. The lowest BCUT2D eigenvalue weighted by Crippen LogP contribution is -2.10. The number of hydrogen-bond donors (Lipinski definition) is 0. The van der Waals surface area contributed by atoms with Gasteiger partial charge in [-0.25, -0.2) is 14.2 Å². The van der Waals surface area contributed by atoms with Crippen molar-refractivity contribution < 1.29 is 23.4 Å². The van der Waals surface area contributed by atoms with Crippen LogP contribution in [-0.4, -0.2) is 31.8 Å². The summed E-state index contributed by atoms with van der Waals surface area (Å²) in [6, 6.07) is 5.67. The zero-order chi connectivity index (χ0) is 18.6. The van der Waals surface area contributed by atoms with Gasteiger partial charge in [0.2, 0.25) is 0 Å². The van der Waals surface area contributed by atoms with E-state index in [-0.39, 0.29) is 33.6 Å². The average molecular weight is 368 g/mol. The molecule has 0 aliphatic carbocycles. The summed E-state index contributed by atoms with van der Waals surface area (Å²) < 4.78 is 29.9. The summed E-state index contributed by atoms with van der Waals surface area (Å²) in [5.41, 5.74) is 0.404. The van der Waals surface area contributed by atoms with Crippen molar-refractivity contribution in [1.29, 1.82) is 0 Å². The van der Waals surface area contributed by atoms with E-state index in [1.165, 1.54) is 38.5 Å². The van der Waals surface area contributed by atoms with Crippen molar-refractivity contribution in [3.05, 3.63) is 40.8 Å². The van der Waals surface area contributed by atoms with E-state index >= 15 is 0 Å². The van der Waals surface area contributed by atoms with Crippen LogP contribution in [0.5, 0.6) is 11.5 Å². The van der Waals surface area contributed by atoms with Gasteiger partial charge in [0.05, 0.1) is 20.8 Å². The monoisotopic (exact) mass is 367 g/mol. The molecule has 134 valence electrons. The predicted molar refractivity (Wildman–Crippen MR) is 92.9 cm³/mol. The highest BCUT2D eigenvalue weighted by Gasteiger charge is 2.21. The molecule has 0 fully saturated rings. The molecule has 1 aromatic heterocycles. The molecule has 0 saturated heterocycles.